The van der Waals surface area contributed by atoms with E-state index in [9.17, 15) is 9.59 Å². The predicted molar refractivity (Wildman–Crippen MR) is 112 cm³/mol. The highest BCUT2D eigenvalue weighted by molar-refractivity contribution is 7.19. The van der Waals surface area contributed by atoms with Crippen LogP contribution in [0.2, 0.25) is 0 Å². The lowest BCUT2D eigenvalue weighted by atomic mass is 9.99. The Morgan fingerprint density at radius 3 is 2.67 bits per heavy atom. The molecule has 4 aromatic rings. The van der Waals surface area contributed by atoms with Crippen molar-refractivity contribution in [3.63, 3.8) is 0 Å². The van der Waals surface area contributed by atoms with Crippen LogP contribution in [0.1, 0.15) is 25.7 Å². The molecule has 4 rings (SSSR count). The minimum Gasteiger partial charge on any atom is -0.291 e. The molecule has 0 unspecified atom stereocenters. The Labute approximate surface area is 164 Å². The molecule has 0 saturated carbocycles. The van der Waals surface area contributed by atoms with Gasteiger partial charge in [-0.2, -0.15) is 0 Å². The fourth-order valence-electron chi connectivity index (χ4n) is 3.16. The number of aromatic nitrogens is 2. The first-order valence-electron chi connectivity index (χ1n) is 8.58. The van der Waals surface area contributed by atoms with Gasteiger partial charge < -0.3 is 0 Å². The maximum atomic E-state index is 13.2. The van der Waals surface area contributed by atoms with Crippen molar-refractivity contribution in [3.8, 4) is 11.1 Å². The van der Waals surface area contributed by atoms with Gasteiger partial charge in [-0.25, -0.2) is 4.98 Å². The molecule has 3 aromatic heterocycles. The lowest BCUT2D eigenvalue weighted by Crippen LogP contribution is -2.24. The second-order valence-electron chi connectivity index (χ2n) is 6.59. The van der Waals surface area contributed by atoms with Gasteiger partial charge in [0, 0.05) is 10.4 Å². The summed E-state index contributed by atoms with van der Waals surface area (Å²) >= 11 is 2.90. The zero-order valence-electron chi connectivity index (χ0n) is 15.3. The summed E-state index contributed by atoms with van der Waals surface area (Å²) in [7, 11) is 0. The van der Waals surface area contributed by atoms with Crippen LogP contribution in [-0.4, -0.2) is 15.3 Å². The van der Waals surface area contributed by atoms with Gasteiger partial charge in [0.25, 0.3) is 5.56 Å². The normalized spacial score (nSPS) is 11.2. The van der Waals surface area contributed by atoms with Crippen molar-refractivity contribution in [3.05, 3.63) is 73.3 Å². The molecule has 0 bridgehead atoms. The zero-order valence-corrected chi connectivity index (χ0v) is 16.9. The molecule has 0 radical (unpaired) electrons. The third-order valence-electron chi connectivity index (χ3n) is 4.76. The number of ketones is 1. The molecule has 0 amide bonds. The van der Waals surface area contributed by atoms with E-state index in [1.165, 1.54) is 44.7 Å². The molecule has 3 heterocycles. The summed E-state index contributed by atoms with van der Waals surface area (Å²) in [5.74, 6) is -0.0760. The fraction of sp³-hybridized carbons (Fsp3) is 0.190. The van der Waals surface area contributed by atoms with Crippen molar-refractivity contribution in [2.75, 3.05) is 0 Å². The topological polar surface area (TPSA) is 52.0 Å². The Hall–Kier alpha value is -2.57. The van der Waals surface area contributed by atoms with Gasteiger partial charge in [0.15, 0.2) is 5.78 Å². The molecule has 0 saturated heterocycles. The SMILES string of the molecule is Cc1ccc(-c2c(C)sc3ncn(CC(=O)c4cccs4)c(=O)c23)cc1C. The lowest BCUT2D eigenvalue weighted by Gasteiger charge is -2.07. The van der Waals surface area contributed by atoms with Crippen LogP contribution < -0.4 is 5.56 Å². The number of nitrogens with zero attached hydrogens (tertiary/aromatic N) is 2. The van der Waals surface area contributed by atoms with Crippen LogP contribution in [0.3, 0.4) is 0 Å². The van der Waals surface area contributed by atoms with E-state index in [4.69, 9.17) is 0 Å². The summed E-state index contributed by atoms with van der Waals surface area (Å²) in [6.07, 6.45) is 1.48. The second-order valence-corrected chi connectivity index (χ2v) is 8.74. The van der Waals surface area contributed by atoms with E-state index in [1.807, 2.05) is 24.4 Å². The van der Waals surface area contributed by atoms with Crippen LogP contribution in [0.15, 0.2) is 46.8 Å². The molecule has 0 aliphatic heterocycles. The maximum absolute atomic E-state index is 13.2. The van der Waals surface area contributed by atoms with E-state index in [1.54, 1.807) is 6.07 Å². The highest BCUT2D eigenvalue weighted by Crippen LogP contribution is 2.36. The molecule has 0 aliphatic rings. The zero-order chi connectivity index (χ0) is 19.1. The van der Waals surface area contributed by atoms with Crippen LogP contribution in [-0.2, 0) is 6.54 Å². The van der Waals surface area contributed by atoms with Crippen LogP contribution in [0.25, 0.3) is 21.3 Å². The molecule has 1 aromatic carbocycles. The standard InChI is InChI=1S/C21H18N2O2S2/c1-12-6-7-15(9-13(12)2)18-14(3)27-20-19(18)21(25)23(11-22-20)10-16(24)17-5-4-8-26-17/h4-9,11H,10H2,1-3H3. The molecule has 0 aliphatic carbocycles. The van der Waals surface area contributed by atoms with Crippen molar-refractivity contribution in [1.29, 1.82) is 0 Å². The number of aryl methyl sites for hydroxylation is 3. The number of carbonyl (C=O) groups is 1. The summed E-state index contributed by atoms with van der Waals surface area (Å²) in [4.78, 5) is 32.5. The number of rotatable bonds is 4. The van der Waals surface area contributed by atoms with Crippen molar-refractivity contribution >= 4 is 38.7 Å². The van der Waals surface area contributed by atoms with E-state index in [0.717, 1.165) is 16.0 Å². The van der Waals surface area contributed by atoms with Crippen molar-refractivity contribution in [1.82, 2.24) is 9.55 Å². The van der Waals surface area contributed by atoms with Crippen LogP contribution in [0.4, 0.5) is 0 Å². The van der Waals surface area contributed by atoms with Gasteiger partial charge in [0.1, 0.15) is 4.83 Å². The van der Waals surface area contributed by atoms with Crippen molar-refractivity contribution < 1.29 is 4.79 Å². The predicted octanol–water partition coefficient (Wildman–Crippen LogP) is 4.99. The summed E-state index contributed by atoms with van der Waals surface area (Å²) in [5, 5.41) is 2.46. The first-order valence-corrected chi connectivity index (χ1v) is 10.3. The van der Waals surface area contributed by atoms with Gasteiger partial charge in [0.05, 0.1) is 23.1 Å². The van der Waals surface area contributed by atoms with Gasteiger partial charge in [-0.3, -0.25) is 14.2 Å². The van der Waals surface area contributed by atoms with E-state index in [-0.39, 0.29) is 17.9 Å². The average molecular weight is 395 g/mol. The van der Waals surface area contributed by atoms with E-state index >= 15 is 0 Å². The number of thiophene rings is 2. The highest BCUT2D eigenvalue weighted by Gasteiger charge is 2.18. The van der Waals surface area contributed by atoms with Crippen LogP contribution in [0.5, 0.6) is 0 Å². The molecule has 0 spiro atoms. The third kappa shape index (κ3) is 3.15. The second kappa shape index (κ2) is 6.87. The maximum Gasteiger partial charge on any atom is 0.263 e. The minimum atomic E-state index is -0.164. The number of Topliss-reactive ketones (excluding diaryl/α,β-unsaturated/α-hetero) is 1. The number of fused-ring (bicyclic) bond motifs is 1. The molecule has 27 heavy (non-hydrogen) atoms. The number of benzene rings is 1. The first kappa shape index (κ1) is 17.8. The Morgan fingerprint density at radius 1 is 1.15 bits per heavy atom. The van der Waals surface area contributed by atoms with Gasteiger partial charge in [-0.1, -0.05) is 24.3 Å². The van der Waals surface area contributed by atoms with E-state index < -0.39 is 0 Å². The first-order chi connectivity index (χ1) is 13.0. The summed E-state index contributed by atoms with van der Waals surface area (Å²) in [6, 6.07) is 9.84. The number of hydrogen-bond acceptors (Lipinski definition) is 5. The molecule has 0 fully saturated rings. The van der Waals surface area contributed by atoms with Gasteiger partial charge in [0.2, 0.25) is 0 Å². The summed E-state index contributed by atoms with van der Waals surface area (Å²) in [5.41, 5.74) is 4.18. The van der Waals surface area contributed by atoms with E-state index in [0.29, 0.717) is 15.1 Å². The third-order valence-corrected chi connectivity index (χ3v) is 6.68. The molecule has 0 atom stereocenters. The molecule has 0 N–H and O–H groups in total. The van der Waals surface area contributed by atoms with Gasteiger partial charge in [-0.15, -0.1) is 22.7 Å². The molecular weight excluding hydrogens is 376 g/mol. The van der Waals surface area contributed by atoms with E-state index in [2.05, 4.69) is 31.0 Å². The molecular formula is C21H18N2O2S2. The fourth-order valence-corrected chi connectivity index (χ4v) is 4.82. The van der Waals surface area contributed by atoms with Crippen LogP contribution in [0, 0.1) is 20.8 Å². The Bertz CT molecular complexity index is 1220. The Morgan fingerprint density at radius 2 is 1.96 bits per heavy atom. The quantitative estimate of drug-likeness (QED) is 0.458. The van der Waals surface area contributed by atoms with Crippen molar-refractivity contribution in [2.45, 2.75) is 27.3 Å². The van der Waals surface area contributed by atoms with Gasteiger partial charge >= 0.3 is 0 Å². The summed E-state index contributed by atoms with van der Waals surface area (Å²) in [6.45, 7) is 6.16. The van der Waals surface area contributed by atoms with Gasteiger partial charge in [-0.05, 0) is 48.9 Å². The Balaban J connectivity index is 1.86. The van der Waals surface area contributed by atoms with Crippen LogP contribution >= 0.6 is 22.7 Å². The Kier molecular flexibility index (Phi) is 4.53. The smallest absolute Gasteiger partial charge is 0.263 e. The molecule has 6 heteroatoms. The highest BCUT2D eigenvalue weighted by atomic mass is 32.1. The molecule has 136 valence electrons. The monoisotopic (exact) mass is 394 g/mol. The minimum absolute atomic E-state index is 0.00352. The largest absolute Gasteiger partial charge is 0.291 e. The lowest BCUT2D eigenvalue weighted by molar-refractivity contribution is 0.0974. The average Bonchev–Trinajstić information content (AvgIpc) is 3.28. The number of carbonyl (C=O) groups excluding carboxylic acids is 1. The van der Waals surface area contributed by atoms with Crippen molar-refractivity contribution in [2.24, 2.45) is 0 Å². The summed E-state index contributed by atoms with van der Waals surface area (Å²) < 4.78 is 1.42. The number of hydrogen-bond donors (Lipinski definition) is 0. The molecule has 4 nitrogen and oxygen atoms in total.